The van der Waals surface area contributed by atoms with Crippen LogP contribution in [0.2, 0.25) is 5.02 Å². The summed E-state index contributed by atoms with van der Waals surface area (Å²) < 4.78 is 7.12. The van der Waals surface area contributed by atoms with Crippen molar-refractivity contribution >= 4 is 17.5 Å². The van der Waals surface area contributed by atoms with E-state index in [-0.39, 0.29) is 12.5 Å². The number of amides is 1. The van der Waals surface area contributed by atoms with E-state index in [2.05, 4.69) is 10.4 Å². The minimum absolute atomic E-state index is 0.0268. The quantitative estimate of drug-likeness (QED) is 0.918. The Kier molecular flexibility index (Phi) is 4.63. The molecule has 0 bridgehead atoms. The lowest BCUT2D eigenvalue weighted by Crippen LogP contribution is -2.28. The fourth-order valence-electron chi connectivity index (χ4n) is 1.64. The number of aromatic nitrogens is 2. The fraction of sp³-hybridized carbons (Fsp3) is 0.286. The van der Waals surface area contributed by atoms with E-state index in [1.54, 1.807) is 35.1 Å². The first-order valence-electron chi connectivity index (χ1n) is 6.19. The van der Waals surface area contributed by atoms with E-state index < -0.39 is 0 Å². The Morgan fingerprint density at radius 2 is 2.10 bits per heavy atom. The van der Waals surface area contributed by atoms with Gasteiger partial charge in [-0.1, -0.05) is 11.6 Å². The number of carbonyl (C=O) groups excluding carboxylic acids is 1. The van der Waals surface area contributed by atoms with E-state index in [9.17, 15) is 4.79 Å². The van der Waals surface area contributed by atoms with Crippen LogP contribution in [0.4, 0.5) is 0 Å². The molecule has 20 heavy (non-hydrogen) atoms. The van der Waals surface area contributed by atoms with Gasteiger partial charge in [0, 0.05) is 29.9 Å². The first-order valence-corrected chi connectivity index (χ1v) is 6.56. The number of halogens is 1. The molecule has 2 rings (SSSR count). The largest absolute Gasteiger partial charge is 0.484 e. The number of carbonyl (C=O) groups is 1. The highest BCUT2D eigenvalue weighted by Gasteiger charge is 2.06. The average molecular weight is 294 g/mol. The number of ether oxygens (including phenoxy) is 1. The van der Waals surface area contributed by atoms with Crippen molar-refractivity contribution in [2.24, 2.45) is 7.05 Å². The Labute approximate surface area is 122 Å². The topological polar surface area (TPSA) is 56.1 Å². The van der Waals surface area contributed by atoms with Crippen LogP contribution in [-0.4, -0.2) is 22.3 Å². The van der Waals surface area contributed by atoms with Gasteiger partial charge in [0.15, 0.2) is 6.61 Å². The second kappa shape index (κ2) is 6.43. The van der Waals surface area contributed by atoms with Gasteiger partial charge < -0.3 is 10.1 Å². The van der Waals surface area contributed by atoms with Crippen LogP contribution < -0.4 is 10.1 Å². The molecular weight excluding hydrogens is 278 g/mol. The molecule has 5 nitrogen and oxygen atoms in total. The summed E-state index contributed by atoms with van der Waals surface area (Å²) in [5.41, 5.74) is 2.02. The van der Waals surface area contributed by atoms with Gasteiger partial charge in [0.2, 0.25) is 0 Å². The number of hydrogen-bond donors (Lipinski definition) is 1. The summed E-state index contributed by atoms with van der Waals surface area (Å²) >= 11 is 5.77. The van der Waals surface area contributed by atoms with E-state index in [4.69, 9.17) is 16.3 Å². The second-order valence-electron chi connectivity index (χ2n) is 4.40. The number of nitrogens with zero attached hydrogens (tertiary/aromatic N) is 2. The third kappa shape index (κ3) is 3.74. The van der Waals surface area contributed by atoms with Gasteiger partial charge in [0.05, 0.1) is 6.20 Å². The molecule has 1 N–H and O–H groups in total. The van der Waals surface area contributed by atoms with Crippen molar-refractivity contribution in [3.8, 4) is 5.75 Å². The summed E-state index contributed by atoms with van der Waals surface area (Å²) in [6.45, 7) is 2.38. The van der Waals surface area contributed by atoms with Crippen LogP contribution in [-0.2, 0) is 18.4 Å². The number of benzene rings is 1. The zero-order valence-corrected chi connectivity index (χ0v) is 12.1. The van der Waals surface area contributed by atoms with Gasteiger partial charge in [-0.2, -0.15) is 5.10 Å². The first kappa shape index (κ1) is 14.4. The van der Waals surface area contributed by atoms with Crippen LogP contribution in [0.1, 0.15) is 11.3 Å². The minimum Gasteiger partial charge on any atom is -0.484 e. The Bertz CT molecular complexity index is 593. The number of hydrogen-bond acceptors (Lipinski definition) is 3. The van der Waals surface area contributed by atoms with Crippen LogP contribution in [0, 0.1) is 6.92 Å². The summed E-state index contributed by atoms with van der Waals surface area (Å²) in [5, 5.41) is 7.54. The molecule has 1 amide bonds. The average Bonchev–Trinajstić information content (AvgIpc) is 2.76. The maximum absolute atomic E-state index is 11.7. The lowest BCUT2D eigenvalue weighted by molar-refractivity contribution is -0.123. The maximum atomic E-state index is 11.7. The molecule has 0 aliphatic carbocycles. The van der Waals surface area contributed by atoms with Crippen molar-refractivity contribution in [2.75, 3.05) is 6.61 Å². The fourth-order valence-corrected chi connectivity index (χ4v) is 1.77. The SMILES string of the molecule is Cc1c(CNC(=O)COc2ccc(Cl)cc2)cnn1C. The number of rotatable bonds is 5. The van der Waals surface area contributed by atoms with Gasteiger partial charge in [0.1, 0.15) is 5.75 Å². The van der Waals surface area contributed by atoms with Crippen LogP contribution in [0.15, 0.2) is 30.5 Å². The molecule has 0 spiro atoms. The van der Waals surface area contributed by atoms with Gasteiger partial charge in [-0.05, 0) is 31.2 Å². The number of aryl methyl sites for hydroxylation is 1. The predicted molar refractivity (Wildman–Crippen MR) is 76.7 cm³/mol. The summed E-state index contributed by atoms with van der Waals surface area (Å²) in [5.74, 6) is 0.435. The van der Waals surface area contributed by atoms with Crippen molar-refractivity contribution in [3.63, 3.8) is 0 Å². The van der Waals surface area contributed by atoms with Gasteiger partial charge in [-0.15, -0.1) is 0 Å². The van der Waals surface area contributed by atoms with E-state index in [0.717, 1.165) is 11.3 Å². The van der Waals surface area contributed by atoms with Crippen LogP contribution >= 0.6 is 11.6 Å². The van der Waals surface area contributed by atoms with Gasteiger partial charge >= 0.3 is 0 Å². The molecule has 1 aromatic heterocycles. The Morgan fingerprint density at radius 3 is 2.70 bits per heavy atom. The normalized spacial score (nSPS) is 10.3. The maximum Gasteiger partial charge on any atom is 0.258 e. The summed E-state index contributed by atoms with van der Waals surface area (Å²) in [7, 11) is 1.87. The lowest BCUT2D eigenvalue weighted by atomic mass is 10.2. The standard InChI is InChI=1S/C14H16ClN3O2/c1-10-11(8-17-18(10)2)7-16-14(19)9-20-13-5-3-12(15)4-6-13/h3-6,8H,7,9H2,1-2H3,(H,16,19). The Hall–Kier alpha value is -2.01. The molecule has 0 unspecified atom stereocenters. The smallest absolute Gasteiger partial charge is 0.258 e. The van der Waals surface area contributed by atoms with Crippen molar-refractivity contribution < 1.29 is 9.53 Å². The van der Waals surface area contributed by atoms with Gasteiger partial charge in [0.25, 0.3) is 5.91 Å². The first-order chi connectivity index (χ1) is 9.56. The molecule has 0 radical (unpaired) electrons. The van der Waals surface area contributed by atoms with Gasteiger partial charge in [-0.3, -0.25) is 9.48 Å². The molecule has 0 aliphatic rings. The monoisotopic (exact) mass is 293 g/mol. The Balaban J connectivity index is 1.78. The summed E-state index contributed by atoms with van der Waals surface area (Å²) in [6.07, 6.45) is 1.75. The van der Waals surface area contributed by atoms with Crippen molar-refractivity contribution in [3.05, 3.63) is 46.7 Å². The van der Waals surface area contributed by atoms with Crippen LogP contribution in [0.5, 0.6) is 5.75 Å². The second-order valence-corrected chi connectivity index (χ2v) is 4.83. The predicted octanol–water partition coefficient (Wildman–Crippen LogP) is 2.08. The molecule has 0 atom stereocenters. The molecule has 0 saturated carbocycles. The zero-order chi connectivity index (χ0) is 14.5. The van der Waals surface area contributed by atoms with E-state index in [0.29, 0.717) is 17.3 Å². The van der Waals surface area contributed by atoms with Crippen molar-refractivity contribution in [1.82, 2.24) is 15.1 Å². The molecule has 0 saturated heterocycles. The van der Waals surface area contributed by atoms with E-state index >= 15 is 0 Å². The van der Waals surface area contributed by atoms with Crippen molar-refractivity contribution in [1.29, 1.82) is 0 Å². The lowest BCUT2D eigenvalue weighted by Gasteiger charge is -2.07. The minimum atomic E-state index is -0.178. The summed E-state index contributed by atoms with van der Waals surface area (Å²) in [6, 6.07) is 6.88. The third-order valence-electron chi connectivity index (χ3n) is 3.00. The Morgan fingerprint density at radius 1 is 1.40 bits per heavy atom. The highest BCUT2D eigenvalue weighted by molar-refractivity contribution is 6.30. The highest BCUT2D eigenvalue weighted by Crippen LogP contribution is 2.15. The third-order valence-corrected chi connectivity index (χ3v) is 3.25. The molecule has 6 heteroatoms. The zero-order valence-electron chi connectivity index (χ0n) is 11.4. The molecule has 0 aliphatic heterocycles. The van der Waals surface area contributed by atoms with Crippen LogP contribution in [0.3, 0.4) is 0 Å². The molecule has 0 fully saturated rings. The van der Waals surface area contributed by atoms with Crippen LogP contribution in [0.25, 0.3) is 0 Å². The molecule has 1 heterocycles. The highest BCUT2D eigenvalue weighted by atomic mass is 35.5. The number of nitrogens with one attached hydrogen (secondary N) is 1. The van der Waals surface area contributed by atoms with E-state index in [1.165, 1.54) is 0 Å². The van der Waals surface area contributed by atoms with E-state index in [1.807, 2.05) is 14.0 Å². The van der Waals surface area contributed by atoms with Crippen molar-refractivity contribution in [2.45, 2.75) is 13.5 Å². The molecule has 106 valence electrons. The summed E-state index contributed by atoms with van der Waals surface area (Å²) in [4.78, 5) is 11.7. The molecule has 2 aromatic rings. The molecule has 1 aromatic carbocycles. The van der Waals surface area contributed by atoms with Gasteiger partial charge in [-0.25, -0.2) is 0 Å². The molecular formula is C14H16ClN3O2.